The van der Waals surface area contributed by atoms with Crippen LogP contribution in [0.5, 0.6) is 0 Å². The standard InChI is InChI=1S/C16H32N4O/c1-4-6-7-8-13(3)20-16(17-5-2)19-12-11-18-15(21)14-9-10-14/h13-14H,4-12H2,1-3H3,(H,18,21)(H2,17,19,20). The fraction of sp³-hybridized carbons (Fsp3) is 0.875. The quantitative estimate of drug-likeness (QED) is 0.328. The molecule has 0 heterocycles. The van der Waals surface area contributed by atoms with Gasteiger partial charge in [-0.3, -0.25) is 9.79 Å². The molecule has 1 amide bonds. The number of unbranched alkanes of at least 4 members (excludes halogenated alkanes) is 2. The number of nitrogens with one attached hydrogen (secondary N) is 3. The maximum atomic E-state index is 11.5. The van der Waals surface area contributed by atoms with Gasteiger partial charge in [0.05, 0.1) is 6.54 Å². The molecule has 0 spiro atoms. The fourth-order valence-electron chi connectivity index (χ4n) is 2.16. The lowest BCUT2D eigenvalue weighted by Crippen LogP contribution is -2.42. The highest BCUT2D eigenvalue weighted by Gasteiger charge is 2.28. The van der Waals surface area contributed by atoms with Gasteiger partial charge in [-0.1, -0.05) is 26.2 Å². The van der Waals surface area contributed by atoms with Crippen LogP contribution in [0.3, 0.4) is 0 Å². The van der Waals surface area contributed by atoms with Crippen LogP contribution in [-0.4, -0.2) is 37.5 Å². The van der Waals surface area contributed by atoms with Gasteiger partial charge in [-0.15, -0.1) is 0 Å². The van der Waals surface area contributed by atoms with Crippen molar-refractivity contribution in [2.75, 3.05) is 19.6 Å². The van der Waals surface area contributed by atoms with Crippen molar-refractivity contribution < 1.29 is 4.79 Å². The Morgan fingerprint density at radius 1 is 1.24 bits per heavy atom. The van der Waals surface area contributed by atoms with Gasteiger partial charge in [0.15, 0.2) is 5.96 Å². The lowest BCUT2D eigenvalue weighted by atomic mass is 10.1. The van der Waals surface area contributed by atoms with Crippen molar-refractivity contribution in [1.29, 1.82) is 0 Å². The zero-order valence-electron chi connectivity index (χ0n) is 13.9. The van der Waals surface area contributed by atoms with E-state index in [1.54, 1.807) is 0 Å². The third-order valence-corrected chi connectivity index (χ3v) is 3.60. The van der Waals surface area contributed by atoms with E-state index in [4.69, 9.17) is 0 Å². The second-order valence-corrected chi connectivity index (χ2v) is 5.87. The van der Waals surface area contributed by atoms with Crippen LogP contribution in [0.25, 0.3) is 0 Å². The molecule has 1 aliphatic rings. The van der Waals surface area contributed by atoms with E-state index in [-0.39, 0.29) is 11.8 Å². The third kappa shape index (κ3) is 8.58. The first-order valence-electron chi connectivity index (χ1n) is 8.49. The summed E-state index contributed by atoms with van der Waals surface area (Å²) in [6, 6.07) is 0.426. The van der Waals surface area contributed by atoms with Gasteiger partial charge in [-0.2, -0.15) is 0 Å². The molecule has 0 aromatic carbocycles. The summed E-state index contributed by atoms with van der Waals surface area (Å²) in [5, 5.41) is 9.62. The largest absolute Gasteiger partial charge is 0.357 e. The van der Waals surface area contributed by atoms with Crippen LogP contribution in [-0.2, 0) is 4.79 Å². The Balaban J connectivity index is 2.22. The summed E-state index contributed by atoms with van der Waals surface area (Å²) < 4.78 is 0. The minimum Gasteiger partial charge on any atom is -0.357 e. The zero-order chi connectivity index (χ0) is 15.5. The number of guanidine groups is 1. The van der Waals surface area contributed by atoms with Crippen molar-refractivity contribution in [2.24, 2.45) is 10.9 Å². The number of rotatable bonds is 10. The van der Waals surface area contributed by atoms with Crippen molar-refractivity contribution in [2.45, 2.75) is 65.3 Å². The Hall–Kier alpha value is -1.26. The molecule has 0 saturated heterocycles. The number of amides is 1. The van der Waals surface area contributed by atoms with Crippen molar-refractivity contribution in [3.8, 4) is 0 Å². The van der Waals surface area contributed by atoms with Crippen molar-refractivity contribution in [1.82, 2.24) is 16.0 Å². The van der Waals surface area contributed by atoms with Crippen LogP contribution < -0.4 is 16.0 Å². The second-order valence-electron chi connectivity index (χ2n) is 5.87. The van der Waals surface area contributed by atoms with E-state index in [1.165, 1.54) is 19.3 Å². The first-order chi connectivity index (χ1) is 10.2. The molecule has 0 aromatic heterocycles. The van der Waals surface area contributed by atoms with Crippen LogP contribution in [0.1, 0.15) is 59.3 Å². The first kappa shape index (κ1) is 17.8. The molecule has 3 N–H and O–H groups in total. The highest BCUT2D eigenvalue weighted by molar-refractivity contribution is 5.81. The lowest BCUT2D eigenvalue weighted by Gasteiger charge is -2.17. The van der Waals surface area contributed by atoms with E-state index >= 15 is 0 Å². The average Bonchev–Trinajstić information content (AvgIpc) is 3.28. The molecule has 0 aliphatic heterocycles. The third-order valence-electron chi connectivity index (χ3n) is 3.60. The number of carbonyl (C=O) groups excluding carboxylic acids is 1. The summed E-state index contributed by atoms with van der Waals surface area (Å²) >= 11 is 0. The second kappa shape index (κ2) is 10.5. The van der Waals surface area contributed by atoms with Gasteiger partial charge in [-0.05, 0) is 33.1 Å². The first-order valence-corrected chi connectivity index (χ1v) is 8.49. The van der Waals surface area contributed by atoms with Gasteiger partial charge in [0, 0.05) is 25.0 Å². The van der Waals surface area contributed by atoms with Gasteiger partial charge >= 0.3 is 0 Å². The van der Waals surface area contributed by atoms with Gasteiger partial charge < -0.3 is 16.0 Å². The molecular formula is C16H32N4O. The Labute approximate surface area is 129 Å². The number of hydrogen-bond donors (Lipinski definition) is 3. The number of aliphatic imine (C=N–C) groups is 1. The molecule has 21 heavy (non-hydrogen) atoms. The van der Waals surface area contributed by atoms with Crippen molar-refractivity contribution in [3.63, 3.8) is 0 Å². The van der Waals surface area contributed by atoms with E-state index in [0.717, 1.165) is 31.8 Å². The molecule has 1 aliphatic carbocycles. The Morgan fingerprint density at radius 2 is 2.00 bits per heavy atom. The Morgan fingerprint density at radius 3 is 2.62 bits per heavy atom. The molecular weight excluding hydrogens is 264 g/mol. The number of hydrogen-bond acceptors (Lipinski definition) is 2. The minimum absolute atomic E-state index is 0.191. The smallest absolute Gasteiger partial charge is 0.223 e. The molecule has 1 saturated carbocycles. The van der Waals surface area contributed by atoms with E-state index < -0.39 is 0 Å². The van der Waals surface area contributed by atoms with Gasteiger partial charge in [0.25, 0.3) is 0 Å². The maximum absolute atomic E-state index is 11.5. The lowest BCUT2D eigenvalue weighted by molar-refractivity contribution is -0.122. The molecule has 0 bridgehead atoms. The fourth-order valence-corrected chi connectivity index (χ4v) is 2.16. The predicted octanol–water partition coefficient (Wildman–Crippen LogP) is 2.04. The van der Waals surface area contributed by atoms with Gasteiger partial charge in [0.1, 0.15) is 0 Å². The van der Waals surface area contributed by atoms with Crippen molar-refractivity contribution >= 4 is 11.9 Å². The van der Waals surface area contributed by atoms with E-state index in [9.17, 15) is 4.79 Å². The topological polar surface area (TPSA) is 65.5 Å². The van der Waals surface area contributed by atoms with E-state index in [1.807, 2.05) is 0 Å². The molecule has 5 nitrogen and oxygen atoms in total. The molecule has 1 fully saturated rings. The molecule has 1 rings (SSSR count). The average molecular weight is 296 g/mol. The summed E-state index contributed by atoms with van der Waals surface area (Å²) in [5.74, 6) is 1.32. The number of carbonyl (C=O) groups is 1. The SMILES string of the molecule is CCCCCC(C)NC(=NCCNC(=O)C1CC1)NCC. The van der Waals surface area contributed by atoms with Gasteiger partial charge in [0.2, 0.25) is 5.91 Å². The highest BCUT2D eigenvalue weighted by Crippen LogP contribution is 2.28. The molecule has 1 unspecified atom stereocenters. The normalized spacial score (nSPS) is 16.4. The molecule has 0 aromatic rings. The summed E-state index contributed by atoms with van der Waals surface area (Å²) in [6.45, 7) is 8.57. The molecule has 122 valence electrons. The molecule has 0 radical (unpaired) electrons. The van der Waals surface area contributed by atoms with Crippen LogP contribution in [0.4, 0.5) is 0 Å². The van der Waals surface area contributed by atoms with Crippen molar-refractivity contribution in [3.05, 3.63) is 0 Å². The minimum atomic E-state index is 0.191. The number of nitrogens with zero attached hydrogens (tertiary/aromatic N) is 1. The summed E-state index contributed by atoms with van der Waals surface area (Å²) in [5.41, 5.74) is 0. The van der Waals surface area contributed by atoms with Crippen LogP contribution in [0.15, 0.2) is 4.99 Å². The summed E-state index contributed by atoms with van der Waals surface area (Å²) in [7, 11) is 0. The van der Waals surface area contributed by atoms with Crippen LogP contribution >= 0.6 is 0 Å². The Bertz CT molecular complexity index is 326. The van der Waals surface area contributed by atoms with Crippen LogP contribution in [0, 0.1) is 5.92 Å². The van der Waals surface area contributed by atoms with Gasteiger partial charge in [-0.25, -0.2) is 0 Å². The maximum Gasteiger partial charge on any atom is 0.223 e. The summed E-state index contributed by atoms with van der Waals surface area (Å²) in [4.78, 5) is 16.0. The monoisotopic (exact) mass is 296 g/mol. The van der Waals surface area contributed by atoms with E-state index in [2.05, 4.69) is 41.7 Å². The van der Waals surface area contributed by atoms with E-state index in [0.29, 0.717) is 19.1 Å². The molecule has 1 atom stereocenters. The zero-order valence-corrected chi connectivity index (χ0v) is 13.9. The Kier molecular flexibility index (Phi) is 8.87. The predicted molar refractivity (Wildman–Crippen MR) is 88.5 cm³/mol. The summed E-state index contributed by atoms with van der Waals surface area (Å²) in [6.07, 6.45) is 7.05. The highest BCUT2D eigenvalue weighted by atomic mass is 16.2. The molecule has 5 heteroatoms. The van der Waals surface area contributed by atoms with Crippen LogP contribution in [0.2, 0.25) is 0 Å².